The van der Waals surface area contributed by atoms with Crippen LogP contribution in [-0.2, 0) is 6.54 Å². The molecule has 1 heterocycles. The highest BCUT2D eigenvalue weighted by Gasteiger charge is 2.08. The Morgan fingerprint density at radius 1 is 1.14 bits per heavy atom. The maximum atomic E-state index is 6.05. The first-order chi connectivity index (χ1) is 10.3. The van der Waals surface area contributed by atoms with E-state index in [1.807, 2.05) is 47.1 Å². The van der Waals surface area contributed by atoms with Crippen LogP contribution in [0, 0.1) is 0 Å². The molecule has 0 aliphatic rings. The van der Waals surface area contributed by atoms with Gasteiger partial charge < -0.3 is 0 Å². The van der Waals surface area contributed by atoms with Crippen molar-refractivity contribution in [3.05, 3.63) is 70.0 Å². The third kappa shape index (κ3) is 3.23. The summed E-state index contributed by atoms with van der Waals surface area (Å²) in [5.41, 5.74) is 2.22. The molecular formula is C16H14ClN3S. The standard InChI is InChI=1S/C16H14ClN3S/c1-18-16-20(11-12-6-3-2-4-7-12)19-15(21-16)13-8-5-9-14(17)10-13/h2-10H,11H2,1H3. The van der Waals surface area contributed by atoms with Crippen LogP contribution in [0.25, 0.3) is 10.6 Å². The molecule has 5 heteroatoms. The first-order valence-electron chi connectivity index (χ1n) is 6.57. The van der Waals surface area contributed by atoms with Crippen molar-refractivity contribution in [1.29, 1.82) is 0 Å². The number of rotatable bonds is 3. The van der Waals surface area contributed by atoms with E-state index in [1.165, 1.54) is 5.56 Å². The Bertz CT molecular complexity index is 806. The highest BCUT2D eigenvalue weighted by atomic mass is 35.5. The molecule has 0 radical (unpaired) electrons. The van der Waals surface area contributed by atoms with Gasteiger partial charge in [-0.15, -0.1) is 0 Å². The minimum absolute atomic E-state index is 0.713. The van der Waals surface area contributed by atoms with E-state index < -0.39 is 0 Å². The van der Waals surface area contributed by atoms with Crippen molar-refractivity contribution in [2.24, 2.45) is 4.99 Å². The van der Waals surface area contributed by atoms with Crippen molar-refractivity contribution >= 4 is 22.9 Å². The van der Waals surface area contributed by atoms with Gasteiger partial charge in [-0.2, -0.15) is 5.10 Å². The van der Waals surface area contributed by atoms with E-state index in [0.717, 1.165) is 15.4 Å². The lowest BCUT2D eigenvalue weighted by Crippen LogP contribution is -2.16. The lowest BCUT2D eigenvalue weighted by atomic mass is 10.2. The fourth-order valence-electron chi connectivity index (χ4n) is 2.07. The van der Waals surface area contributed by atoms with Gasteiger partial charge in [-0.25, -0.2) is 4.68 Å². The molecule has 0 fully saturated rings. The highest BCUT2D eigenvalue weighted by Crippen LogP contribution is 2.22. The first-order valence-corrected chi connectivity index (χ1v) is 7.76. The predicted octanol–water partition coefficient (Wildman–Crippen LogP) is 3.84. The molecule has 106 valence electrons. The molecule has 0 bridgehead atoms. The molecule has 0 atom stereocenters. The van der Waals surface area contributed by atoms with Gasteiger partial charge in [0.05, 0.1) is 6.54 Å². The Kier molecular flexibility index (Phi) is 4.18. The van der Waals surface area contributed by atoms with Gasteiger partial charge in [-0.3, -0.25) is 4.99 Å². The van der Waals surface area contributed by atoms with Gasteiger partial charge in [0.15, 0.2) is 0 Å². The van der Waals surface area contributed by atoms with Crippen LogP contribution in [0.3, 0.4) is 0 Å². The normalized spacial score (nSPS) is 11.8. The summed E-state index contributed by atoms with van der Waals surface area (Å²) in [7, 11) is 1.79. The summed E-state index contributed by atoms with van der Waals surface area (Å²) in [5.74, 6) is 0. The molecule has 0 spiro atoms. The molecule has 0 aliphatic carbocycles. The van der Waals surface area contributed by atoms with Gasteiger partial charge in [-0.05, 0) is 17.7 Å². The lowest BCUT2D eigenvalue weighted by molar-refractivity contribution is 0.656. The summed E-state index contributed by atoms with van der Waals surface area (Å²) in [6.07, 6.45) is 0. The third-order valence-corrected chi connectivity index (χ3v) is 4.38. The van der Waals surface area contributed by atoms with Crippen LogP contribution in [0.2, 0.25) is 5.02 Å². The Balaban J connectivity index is 1.99. The highest BCUT2D eigenvalue weighted by molar-refractivity contribution is 7.12. The summed E-state index contributed by atoms with van der Waals surface area (Å²) in [5, 5.41) is 6.31. The minimum atomic E-state index is 0.713. The SMILES string of the molecule is CN=c1sc(-c2cccc(Cl)c2)nn1Cc1ccccc1. The van der Waals surface area contributed by atoms with Crippen LogP contribution in [0.5, 0.6) is 0 Å². The number of hydrogen-bond acceptors (Lipinski definition) is 3. The van der Waals surface area contributed by atoms with Crippen LogP contribution in [0.4, 0.5) is 0 Å². The predicted molar refractivity (Wildman–Crippen MR) is 87.6 cm³/mol. The van der Waals surface area contributed by atoms with Crippen molar-refractivity contribution < 1.29 is 0 Å². The largest absolute Gasteiger partial charge is 0.261 e. The van der Waals surface area contributed by atoms with Crippen molar-refractivity contribution in [1.82, 2.24) is 9.78 Å². The Morgan fingerprint density at radius 2 is 1.95 bits per heavy atom. The summed E-state index contributed by atoms with van der Waals surface area (Å²) >= 11 is 7.62. The first kappa shape index (κ1) is 14.0. The van der Waals surface area contributed by atoms with Gasteiger partial charge in [0, 0.05) is 17.6 Å². The molecule has 0 saturated heterocycles. The van der Waals surface area contributed by atoms with Crippen molar-refractivity contribution in [3.63, 3.8) is 0 Å². The smallest absolute Gasteiger partial charge is 0.203 e. The average Bonchev–Trinajstić information content (AvgIpc) is 2.91. The Morgan fingerprint density at radius 3 is 2.67 bits per heavy atom. The Hall–Kier alpha value is -1.91. The summed E-state index contributed by atoms with van der Waals surface area (Å²) < 4.78 is 1.93. The van der Waals surface area contributed by atoms with Gasteiger partial charge >= 0.3 is 0 Å². The molecule has 1 aromatic heterocycles. The number of aromatic nitrogens is 2. The fraction of sp³-hybridized carbons (Fsp3) is 0.125. The van der Waals surface area contributed by atoms with Gasteiger partial charge in [0.2, 0.25) is 4.80 Å². The zero-order valence-electron chi connectivity index (χ0n) is 11.5. The third-order valence-electron chi connectivity index (χ3n) is 3.06. The quantitative estimate of drug-likeness (QED) is 0.722. The summed E-state index contributed by atoms with van der Waals surface area (Å²) in [6.45, 7) is 0.713. The average molecular weight is 316 g/mol. The maximum absolute atomic E-state index is 6.05. The molecule has 21 heavy (non-hydrogen) atoms. The molecule has 0 unspecified atom stereocenters. The summed E-state index contributed by atoms with van der Waals surface area (Å²) in [4.78, 5) is 5.22. The molecule has 0 aliphatic heterocycles. The zero-order chi connectivity index (χ0) is 14.7. The lowest BCUT2D eigenvalue weighted by Gasteiger charge is -2.01. The molecule has 0 amide bonds. The van der Waals surface area contributed by atoms with E-state index in [2.05, 4.69) is 22.2 Å². The van der Waals surface area contributed by atoms with E-state index >= 15 is 0 Å². The van der Waals surface area contributed by atoms with E-state index in [-0.39, 0.29) is 0 Å². The van der Waals surface area contributed by atoms with Gasteiger partial charge in [-0.1, -0.05) is 65.4 Å². The number of benzene rings is 2. The second-order valence-corrected chi connectivity index (χ2v) is 5.96. The molecule has 0 saturated carbocycles. The Labute approximate surface area is 132 Å². The molecule has 3 aromatic rings. The van der Waals surface area contributed by atoms with E-state index in [9.17, 15) is 0 Å². The second kappa shape index (κ2) is 6.24. The van der Waals surface area contributed by atoms with E-state index in [0.29, 0.717) is 11.6 Å². The second-order valence-electron chi connectivity index (χ2n) is 4.57. The maximum Gasteiger partial charge on any atom is 0.203 e. The van der Waals surface area contributed by atoms with Crippen LogP contribution in [0.1, 0.15) is 5.56 Å². The van der Waals surface area contributed by atoms with Gasteiger partial charge in [0.1, 0.15) is 5.01 Å². The topological polar surface area (TPSA) is 30.2 Å². The summed E-state index contributed by atoms with van der Waals surface area (Å²) in [6, 6.07) is 18.0. The van der Waals surface area contributed by atoms with Crippen molar-refractivity contribution in [2.75, 3.05) is 7.05 Å². The van der Waals surface area contributed by atoms with Gasteiger partial charge in [0.25, 0.3) is 0 Å². The van der Waals surface area contributed by atoms with Crippen LogP contribution in [0.15, 0.2) is 59.6 Å². The van der Waals surface area contributed by atoms with Crippen LogP contribution >= 0.6 is 22.9 Å². The minimum Gasteiger partial charge on any atom is -0.261 e. The van der Waals surface area contributed by atoms with Crippen molar-refractivity contribution in [2.45, 2.75) is 6.54 Å². The zero-order valence-corrected chi connectivity index (χ0v) is 13.1. The molecule has 3 nitrogen and oxygen atoms in total. The van der Waals surface area contributed by atoms with Crippen molar-refractivity contribution in [3.8, 4) is 10.6 Å². The number of halogens is 1. The fourth-order valence-corrected chi connectivity index (χ4v) is 3.12. The van der Waals surface area contributed by atoms with E-state index in [1.54, 1.807) is 18.4 Å². The monoisotopic (exact) mass is 315 g/mol. The molecule has 3 rings (SSSR count). The van der Waals surface area contributed by atoms with E-state index in [4.69, 9.17) is 11.6 Å². The van der Waals surface area contributed by atoms with Crippen LogP contribution < -0.4 is 4.80 Å². The molecule has 2 aromatic carbocycles. The van der Waals surface area contributed by atoms with Crippen LogP contribution in [-0.4, -0.2) is 16.8 Å². The number of nitrogens with zero attached hydrogens (tertiary/aromatic N) is 3. The number of hydrogen-bond donors (Lipinski definition) is 0. The molecular weight excluding hydrogens is 302 g/mol. The molecule has 0 N–H and O–H groups in total.